The second-order valence-electron chi connectivity index (χ2n) is 9.89. The summed E-state index contributed by atoms with van der Waals surface area (Å²) in [4.78, 5) is 20.8. The van der Waals surface area contributed by atoms with E-state index in [0.29, 0.717) is 19.1 Å². The van der Waals surface area contributed by atoms with E-state index >= 15 is 0 Å². The van der Waals surface area contributed by atoms with Crippen LogP contribution in [-0.2, 0) is 26.7 Å². The van der Waals surface area contributed by atoms with Gasteiger partial charge in [-0.2, -0.15) is 0 Å². The van der Waals surface area contributed by atoms with Gasteiger partial charge >= 0.3 is 20.7 Å². The Morgan fingerprint density at radius 1 is 0.867 bits per heavy atom. The van der Waals surface area contributed by atoms with Crippen molar-refractivity contribution in [3.63, 3.8) is 0 Å². The Morgan fingerprint density at radius 2 is 1.20 bits per heavy atom. The van der Waals surface area contributed by atoms with Crippen LogP contribution in [0.25, 0.3) is 0 Å². The van der Waals surface area contributed by atoms with Crippen LogP contribution in [0.2, 0.25) is 65.0 Å². The van der Waals surface area contributed by atoms with Crippen LogP contribution in [0.5, 0.6) is 0 Å². The monoisotopic (exact) mass is 494 g/mol. The maximum Gasteiger partial charge on any atom is 0.469 e. The van der Waals surface area contributed by atoms with Crippen LogP contribution < -0.4 is 0 Å². The molecule has 11 heteroatoms. The summed E-state index contributed by atoms with van der Waals surface area (Å²) in [6.07, 6.45) is 1.85. The predicted molar refractivity (Wildman–Crippen MR) is 132 cm³/mol. The summed E-state index contributed by atoms with van der Waals surface area (Å²) in [6.45, 7) is 27.8. The first-order valence-electron chi connectivity index (χ1n) is 10.0. The molecule has 0 aliphatic heterocycles. The summed E-state index contributed by atoms with van der Waals surface area (Å²) in [5.74, 6) is -1.33. The van der Waals surface area contributed by atoms with Gasteiger partial charge in [-0.1, -0.05) is 13.2 Å². The van der Waals surface area contributed by atoms with Crippen LogP contribution in [0.4, 0.5) is 0 Å². The van der Waals surface area contributed by atoms with Crippen molar-refractivity contribution < 1.29 is 31.8 Å². The first-order chi connectivity index (χ1) is 13.2. The van der Waals surface area contributed by atoms with Crippen molar-refractivity contribution >= 4 is 45.7 Å². The maximum absolute atomic E-state index is 11.2. The highest BCUT2D eigenvalue weighted by Gasteiger charge is 2.49. The van der Waals surface area contributed by atoms with E-state index in [2.05, 4.69) is 72.1 Å². The molecule has 1 N–H and O–H groups in total. The highest BCUT2D eigenvalue weighted by Crippen LogP contribution is 2.29. The summed E-state index contributed by atoms with van der Waals surface area (Å²) < 4.78 is 24.8. The van der Waals surface area contributed by atoms with Crippen molar-refractivity contribution in [2.75, 3.05) is 6.61 Å². The van der Waals surface area contributed by atoms with Gasteiger partial charge in [0.2, 0.25) is 0 Å². The minimum Gasteiger partial charge on any atom is -0.478 e. The zero-order chi connectivity index (χ0) is 24.4. The average Bonchev–Trinajstić information content (AvgIpc) is 2.46. The standard InChI is InChI=1S/C15H36O5Si4.C4H6O2/c1-11-15(16)17-13-12-14-24(18-21(2,3)4,19-22(5,6)7)20-23(8,9)10;1-3(2)4(5)6/h11H,1,12-14H2,2-10H3;1H2,2H3,(H,5,6). The average molecular weight is 495 g/mol. The van der Waals surface area contributed by atoms with Gasteiger partial charge in [0.05, 0.1) is 6.61 Å². The fourth-order valence-electron chi connectivity index (χ4n) is 2.14. The van der Waals surface area contributed by atoms with Gasteiger partial charge in [0.1, 0.15) is 0 Å². The Labute approximate surface area is 187 Å². The van der Waals surface area contributed by atoms with Gasteiger partial charge in [-0.3, -0.25) is 0 Å². The number of carbonyl (C=O) groups is 2. The van der Waals surface area contributed by atoms with Gasteiger partial charge < -0.3 is 22.2 Å². The Hall–Kier alpha value is -0.832. The zero-order valence-electron chi connectivity index (χ0n) is 20.5. The fraction of sp³-hybridized carbons (Fsp3) is 0.684. The molecule has 0 saturated heterocycles. The highest BCUT2D eigenvalue weighted by atomic mass is 28.5. The van der Waals surface area contributed by atoms with Crippen molar-refractivity contribution in [2.45, 2.75) is 78.3 Å². The van der Waals surface area contributed by atoms with E-state index in [4.69, 9.17) is 22.2 Å². The molecule has 0 atom stereocenters. The third-order valence-electron chi connectivity index (χ3n) is 2.79. The largest absolute Gasteiger partial charge is 0.478 e. The fourth-order valence-corrected chi connectivity index (χ4v) is 16.8. The summed E-state index contributed by atoms with van der Waals surface area (Å²) in [6, 6.07) is 0.677. The third-order valence-corrected chi connectivity index (χ3v) is 14.8. The van der Waals surface area contributed by atoms with E-state index in [-0.39, 0.29) is 5.57 Å². The molecule has 0 amide bonds. The molecule has 0 radical (unpaired) electrons. The van der Waals surface area contributed by atoms with Crippen molar-refractivity contribution in [1.82, 2.24) is 0 Å². The molecule has 176 valence electrons. The lowest BCUT2D eigenvalue weighted by Gasteiger charge is -2.42. The van der Waals surface area contributed by atoms with Gasteiger partial charge in [-0.15, -0.1) is 0 Å². The Kier molecular flexibility index (Phi) is 13.5. The normalized spacial score (nSPS) is 12.5. The lowest BCUT2D eigenvalue weighted by Crippen LogP contribution is -2.60. The van der Waals surface area contributed by atoms with E-state index in [9.17, 15) is 9.59 Å². The maximum atomic E-state index is 11.2. The molecule has 0 bridgehead atoms. The van der Waals surface area contributed by atoms with Crippen LogP contribution in [0.3, 0.4) is 0 Å². The molecule has 0 aliphatic rings. The molecule has 0 aromatic heterocycles. The van der Waals surface area contributed by atoms with E-state index in [1.807, 2.05) is 0 Å². The minimum atomic E-state index is -2.82. The van der Waals surface area contributed by atoms with E-state index in [1.165, 1.54) is 13.0 Å². The number of hydrogen-bond acceptors (Lipinski definition) is 6. The first kappa shape index (κ1) is 31.4. The predicted octanol–water partition coefficient (Wildman–Crippen LogP) is 5.25. The highest BCUT2D eigenvalue weighted by molar-refractivity contribution is 6.90. The molecule has 0 saturated carbocycles. The number of hydrogen-bond donors (Lipinski definition) is 1. The van der Waals surface area contributed by atoms with Crippen LogP contribution in [0.15, 0.2) is 24.8 Å². The van der Waals surface area contributed by atoms with Crippen molar-refractivity contribution in [2.24, 2.45) is 0 Å². The molecule has 0 heterocycles. The molecule has 0 aromatic rings. The second kappa shape index (κ2) is 12.9. The van der Waals surface area contributed by atoms with E-state index in [1.54, 1.807) is 0 Å². The summed E-state index contributed by atoms with van der Waals surface area (Å²) >= 11 is 0. The van der Waals surface area contributed by atoms with E-state index in [0.717, 1.165) is 0 Å². The Morgan fingerprint density at radius 3 is 1.43 bits per heavy atom. The summed E-state index contributed by atoms with van der Waals surface area (Å²) in [7, 11) is -8.36. The molecular formula is C19H42O7Si4. The Balaban J connectivity index is 0. The molecule has 0 unspecified atom stereocenters. The van der Waals surface area contributed by atoms with Crippen LogP contribution in [-0.4, -0.2) is 57.4 Å². The minimum absolute atomic E-state index is 0.176. The topological polar surface area (TPSA) is 91.3 Å². The number of rotatable bonds is 12. The lowest BCUT2D eigenvalue weighted by atomic mass is 10.4. The molecule has 30 heavy (non-hydrogen) atoms. The number of aliphatic carboxylic acids is 1. The lowest BCUT2D eigenvalue weighted by molar-refractivity contribution is -0.137. The van der Waals surface area contributed by atoms with Crippen molar-refractivity contribution in [3.8, 4) is 0 Å². The first-order valence-corrected chi connectivity index (χ1v) is 22.2. The molecule has 7 nitrogen and oxygen atoms in total. The Bertz CT molecular complexity index is 534. The van der Waals surface area contributed by atoms with Crippen molar-refractivity contribution in [1.29, 1.82) is 0 Å². The van der Waals surface area contributed by atoms with E-state index < -0.39 is 45.7 Å². The molecular weight excluding hydrogens is 453 g/mol. The molecule has 0 aliphatic carbocycles. The van der Waals surface area contributed by atoms with Crippen LogP contribution >= 0.6 is 0 Å². The molecule has 0 fully saturated rings. The molecule has 0 rings (SSSR count). The van der Waals surface area contributed by atoms with Gasteiger partial charge in [-0.25, -0.2) is 9.59 Å². The third kappa shape index (κ3) is 19.2. The molecule has 0 spiro atoms. The van der Waals surface area contributed by atoms with Gasteiger partial charge in [0.15, 0.2) is 25.0 Å². The number of carboxylic acids is 1. The summed E-state index contributed by atoms with van der Waals surface area (Å²) in [5, 5.41) is 7.89. The van der Waals surface area contributed by atoms with Gasteiger partial charge in [0, 0.05) is 17.7 Å². The number of carbonyl (C=O) groups excluding carboxylic acids is 1. The summed E-state index contributed by atoms with van der Waals surface area (Å²) in [5.41, 5.74) is 0.176. The molecule has 0 aromatic carbocycles. The van der Waals surface area contributed by atoms with Crippen LogP contribution in [0.1, 0.15) is 13.3 Å². The quantitative estimate of drug-likeness (QED) is 0.171. The van der Waals surface area contributed by atoms with Gasteiger partial charge in [-0.05, 0) is 72.3 Å². The van der Waals surface area contributed by atoms with Crippen LogP contribution in [0, 0.1) is 0 Å². The van der Waals surface area contributed by atoms with Gasteiger partial charge in [0.25, 0.3) is 0 Å². The SMILES string of the molecule is C=C(C)C(=O)O.C=CC(=O)OCCC[Si](O[Si](C)(C)C)(O[Si](C)(C)C)O[Si](C)(C)C. The number of carboxylic acid groups (broad SMARTS) is 1. The smallest absolute Gasteiger partial charge is 0.469 e. The number of ether oxygens (including phenoxy) is 1. The zero-order valence-corrected chi connectivity index (χ0v) is 24.5. The van der Waals surface area contributed by atoms with Crippen molar-refractivity contribution in [3.05, 3.63) is 24.8 Å². The second-order valence-corrected chi connectivity index (χ2v) is 26.9. The number of esters is 1.